The molecule has 0 bridgehead atoms. The Hall–Kier alpha value is -0.810. The molecule has 15 heavy (non-hydrogen) atoms. The molecule has 0 saturated heterocycles. The molecule has 1 N–H and O–H groups in total. The lowest BCUT2D eigenvalue weighted by atomic mass is 10.2. The highest BCUT2D eigenvalue weighted by Gasteiger charge is 2.18. The number of amides is 1. The van der Waals surface area contributed by atoms with Crippen LogP contribution < -0.4 is 5.48 Å². The first-order valence-electron chi connectivity index (χ1n) is 5.07. The van der Waals surface area contributed by atoms with Gasteiger partial charge in [-0.2, -0.15) is 0 Å². The normalized spacial score (nSPS) is 11.3. The van der Waals surface area contributed by atoms with Crippen LogP contribution in [0.4, 0.5) is 4.79 Å². The molecule has 90 valence electrons. The molecule has 0 aliphatic carbocycles. The molecular weight excluding hydrogens is 196 g/mol. The largest absolute Gasteiger partial charge is 0.444 e. The molecule has 0 atom stereocenters. The minimum absolute atomic E-state index is 0.292. The molecule has 5 heteroatoms. The summed E-state index contributed by atoms with van der Waals surface area (Å²) in [7, 11) is 3.29. The van der Waals surface area contributed by atoms with E-state index in [1.807, 2.05) is 20.8 Å². The molecule has 0 aromatic rings. The second-order valence-electron chi connectivity index (χ2n) is 4.35. The smallest absolute Gasteiger partial charge is 0.410 e. The van der Waals surface area contributed by atoms with E-state index in [4.69, 9.17) is 4.74 Å². The van der Waals surface area contributed by atoms with Gasteiger partial charge in [-0.3, -0.25) is 0 Å². The van der Waals surface area contributed by atoms with Gasteiger partial charge < -0.3 is 14.5 Å². The van der Waals surface area contributed by atoms with Gasteiger partial charge in [0, 0.05) is 20.1 Å². The first kappa shape index (κ1) is 14.2. The minimum Gasteiger partial charge on any atom is -0.444 e. The lowest BCUT2D eigenvalue weighted by molar-refractivity contribution is 0.0285. The first-order valence-corrected chi connectivity index (χ1v) is 5.07. The van der Waals surface area contributed by atoms with Crippen molar-refractivity contribution >= 4 is 6.09 Å². The number of hydrogen-bond acceptors (Lipinski definition) is 4. The van der Waals surface area contributed by atoms with Crippen molar-refractivity contribution in [2.45, 2.75) is 32.8 Å². The third-order valence-electron chi connectivity index (χ3n) is 1.62. The fraction of sp³-hybridized carbons (Fsp3) is 0.900. The number of carbonyl (C=O) groups is 1. The van der Waals surface area contributed by atoms with Gasteiger partial charge in [0.25, 0.3) is 0 Å². The number of nitrogens with zero attached hydrogens (tertiary/aromatic N) is 1. The van der Waals surface area contributed by atoms with Gasteiger partial charge in [0.2, 0.25) is 0 Å². The molecule has 0 rings (SSSR count). The zero-order chi connectivity index (χ0) is 11.9. The second kappa shape index (κ2) is 6.63. The average molecular weight is 218 g/mol. The molecule has 0 spiro atoms. The van der Waals surface area contributed by atoms with Crippen LogP contribution >= 0.6 is 0 Å². The van der Waals surface area contributed by atoms with Crippen LogP contribution in [0.2, 0.25) is 0 Å². The van der Waals surface area contributed by atoms with Gasteiger partial charge in [0.1, 0.15) is 5.60 Å². The van der Waals surface area contributed by atoms with Crippen molar-refractivity contribution in [1.82, 2.24) is 10.4 Å². The molecule has 0 aromatic carbocycles. The maximum atomic E-state index is 11.5. The molecular formula is C10H22N2O3. The zero-order valence-electron chi connectivity index (χ0n) is 10.3. The van der Waals surface area contributed by atoms with E-state index in [0.29, 0.717) is 13.1 Å². The number of ether oxygens (including phenoxy) is 1. The Labute approximate surface area is 91.7 Å². The van der Waals surface area contributed by atoms with Gasteiger partial charge >= 0.3 is 6.09 Å². The standard InChI is InChI=1S/C10H22N2O3/c1-10(2,3)15-9(13)12(4)8-6-7-11-14-5/h11H,6-8H2,1-5H3. The van der Waals surface area contributed by atoms with Crippen molar-refractivity contribution in [3.8, 4) is 0 Å². The van der Waals surface area contributed by atoms with Gasteiger partial charge in [-0.25, -0.2) is 10.3 Å². The van der Waals surface area contributed by atoms with Crippen LogP contribution in [0.15, 0.2) is 0 Å². The van der Waals surface area contributed by atoms with Gasteiger partial charge in [-0.1, -0.05) is 0 Å². The van der Waals surface area contributed by atoms with Crippen LogP contribution in [0, 0.1) is 0 Å². The lowest BCUT2D eigenvalue weighted by Gasteiger charge is -2.24. The lowest BCUT2D eigenvalue weighted by Crippen LogP contribution is -2.35. The van der Waals surface area contributed by atoms with Gasteiger partial charge in [0.05, 0.1) is 7.11 Å². The number of hydrogen-bond donors (Lipinski definition) is 1. The zero-order valence-corrected chi connectivity index (χ0v) is 10.3. The molecule has 0 aliphatic heterocycles. The molecule has 0 unspecified atom stereocenters. The molecule has 1 amide bonds. The molecule has 0 radical (unpaired) electrons. The summed E-state index contributed by atoms with van der Waals surface area (Å²) in [6.07, 6.45) is 0.531. The molecule has 0 heterocycles. The van der Waals surface area contributed by atoms with Crippen molar-refractivity contribution in [3.63, 3.8) is 0 Å². The summed E-state index contributed by atoms with van der Waals surface area (Å²) in [5.74, 6) is 0. The predicted octanol–water partition coefficient (Wildman–Crippen LogP) is 1.39. The number of nitrogens with one attached hydrogen (secondary N) is 1. The molecule has 5 nitrogen and oxygen atoms in total. The quantitative estimate of drug-likeness (QED) is 0.559. The third-order valence-corrected chi connectivity index (χ3v) is 1.62. The van der Waals surface area contributed by atoms with Crippen LogP contribution in [0.1, 0.15) is 27.2 Å². The van der Waals surface area contributed by atoms with Crippen LogP contribution in [0.3, 0.4) is 0 Å². The Morgan fingerprint density at radius 1 is 1.40 bits per heavy atom. The Morgan fingerprint density at radius 2 is 2.00 bits per heavy atom. The predicted molar refractivity (Wildman–Crippen MR) is 58.5 cm³/mol. The van der Waals surface area contributed by atoms with Crippen molar-refractivity contribution in [3.05, 3.63) is 0 Å². The van der Waals surface area contributed by atoms with E-state index in [9.17, 15) is 4.79 Å². The second-order valence-corrected chi connectivity index (χ2v) is 4.35. The summed E-state index contributed by atoms with van der Waals surface area (Å²) in [4.78, 5) is 17.7. The Kier molecular flexibility index (Phi) is 6.27. The van der Waals surface area contributed by atoms with E-state index < -0.39 is 5.60 Å². The van der Waals surface area contributed by atoms with Crippen LogP contribution in [-0.2, 0) is 9.57 Å². The molecule has 0 saturated carbocycles. The SMILES string of the molecule is CONCCCN(C)C(=O)OC(C)(C)C. The summed E-state index contributed by atoms with van der Waals surface area (Å²) >= 11 is 0. The number of rotatable bonds is 5. The van der Waals surface area contributed by atoms with E-state index in [-0.39, 0.29) is 6.09 Å². The van der Waals surface area contributed by atoms with E-state index in [1.54, 1.807) is 19.1 Å². The van der Waals surface area contributed by atoms with Crippen LogP contribution in [-0.4, -0.2) is 43.8 Å². The minimum atomic E-state index is -0.434. The first-order chi connectivity index (χ1) is 6.87. The van der Waals surface area contributed by atoms with E-state index in [1.165, 1.54) is 0 Å². The van der Waals surface area contributed by atoms with Crippen molar-refractivity contribution < 1.29 is 14.4 Å². The Balaban J connectivity index is 3.70. The number of hydroxylamine groups is 1. The monoisotopic (exact) mass is 218 g/mol. The molecule has 0 aliphatic rings. The van der Waals surface area contributed by atoms with Gasteiger partial charge in [0.15, 0.2) is 0 Å². The maximum Gasteiger partial charge on any atom is 0.410 e. The van der Waals surface area contributed by atoms with Crippen molar-refractivity contribution in [1.29, 1.82) is 0 Å². The highest BCUT2D eigenvalue weighted by atomic mass is 16.6. The molecule has 0 fully saturated rings. The summed E-state index contributed by atoms with van der Waals surface area (Å²) in [5, 5.41) is 0. The maximum absolute atomic E-state index is 11.5. The summed E-state index contributed by atoms with van der Waals surface area (Å²) in [6, 6.07) is 0. The average Bonchev–Trinajstić information content (AvgIpc) is 2.09. The molecule has 0 aromatic heterocycles. The van der Waals surface area contributed by atoms with Crippen molar-refractivity contribution in [2.24, 2.45) is 0 Å². The van der Waals surface area contributed by atoms with Crippen LogP contribution in [0.25, 0.3) is 0 Å². The highest BCUT2D eigenvalue weighted by Crippen LogP contribution is 2.08. The Morgan fingerprint density at radius 3 is 2.47 bits per heavy atom. The van der Waals surface area contributed by atoms with Gasteiger partial charge in [-0.05, 0) is 27.2 Å². The van der Waals surface area contributed by atoms with Crippen LogP contribution in [0.5, 0.6) is 0 Å². The fourth-order valence-corrected chi connectivity index (χ4v) is 0.922. The van der Waals surface area contributed by atoms with E-state index in [2.05, 4.69) is 10.3 Å². The summed E-state index contributed by atoms with van der Waals surface area (Å²) < 4.78 is 5.19. The van der Waals surface area contributed by atoms with E-state index >= 15 is 0 Å². The van der Waals surface area contributed by atoms with Gasteiger partial charge in [-0.15, -0.1) is 0 Å². The Bertz CT molecular complexity index is 190. The fourth-order valence-electron chi connectivity index (χ4n) is 0.922. The summed E-state index contributed by atoms with van der Waals surface area (Å²) in [5.41, 5.74) is 2.28. The third kappa shape index (κ3) is 8.20. The topological polar surface area (TPSA) is 50.8 Å². The highest BCUT2D eigenvalue weighted by molar-refractivity contribution is 5.67. The number of carbonyl (C=O) groups excluding carboxylic acids is 1. The summed E-state index contributed by atoms with van der Waals surface area (Å²) in [6.45, 7) is 6.91. The van der Waals surface area contributed by atoms with Crippen molar-refractivity contribution in [2.75, 3.05) is 27.2 Å². The van der Waals surface area contributed by atoms with E-state index in [0.717, 1.165) is 6.42 Å².